The number of pyridine rings is 1. The van der Waals surface area contributed by atoms with Crippen molar-refractivity contribution in [3.05, 3.63) is 47.4 Å². The van der Waals surface area contributed by atoms with Gasteiger partial charge < -0.3 is 10.3 Å². The van der Waals surface area contributed by atoms with Gasteiger partial charge in [0.2, 0.25) is 0 Å². The van der Waals surface area contributed by atoms with E-state index in [0.717, 1.165) is 34.9 Å². The number of nitrogens with two attached hydrogens (primary N) is 1. The van der Waals surface area contributed by atoms with E-state index in [0.29, 0.717) is 28.4 Å². The molecule has 1 fully saturated rings. The summed E-state index contributed by atoms with van der Waals surface area (Å²) in [6.45, 7) is 3.47. The fraction of sp³-hybridized carbons (Fsp3) is 0.391. The molecule has 1 aliphatic rings. The quantitative estimate of drug-likeness (QED) is 0.609. The summed E-state index contributed by atoms with van der Waals surface area (Å²) in [6, 6.07) is 6.72. The van der Waals surface area contributed by atoms with Crippen molar-refractivity contribution in [2.75, 3.05) is 5.73 Å². The van der Waals surface area contributed by atoms with Crippen LogP contribution < -0.4 is 5.73 Å². The van der Waals surface area contributed by atoms with Crippen LogP contribution in [0.15, 0.2) is 30.7 Å². The van der Waals surface area contributed by atoms with Crippen molar-refractivity contribution >= 4 is 16.6 Å². The van der Waals surface area contributed by atoms with E-state index in [1.807, 2.05) is 13.0 Å². The molecule has 0 radical (unpaired) electrons. The second-order valence-electron chi connectivity index (χ2n) is 7.84. The minimum absolute atomic E-state index is 0.360. The predicted octanol–water partition coefficient (Wildman–Crippen LogP) is 6.00. The minimum atomic E-state index is -1.20. The van der Waals surface area contributed by atoms with Crippen LogP contribution in [0, 0.1) is 18.3 Å². The Kier molecular flexibility index (Phi) is 4.80. The van der Waals surface area contributed by atoms with E-state index in [-0.39, 0.29) is 0 Å². The molecule has 2 heterocycles. The van der Waals surface area contributed by atoms with Crippen LogP contribution in [0.25, 0.3) is 22.0 Å². The van der Waals surface area contributed by atoms with E-state index in [4.69, 9.17) is 5.73 Å². The van der Waals surface area contributed by atoms with Gasteiger partial charge in [0.05, 0.1) is 23.5 Å². The Hall–Kier alpha value is -2.87. The average molecular weight is 376 g/mol. The molecule has 0 saturated heterocycles. The molecular formula is C23H25FN4. The van der Waals surface area contributed by atoms with E-state index in [2.05, 4.69) is 27.9 Å². The molecule has 0 aliphatic heterocycles. The summed E-state index contributed by atoms with van der Waals surface area (Å²) in [5.41, 5.74) is 11.2. The number of halogens is 1. The Morgan fingerprint density at radius 3 is 2.64 bits per heavy atom. The zero-order valence-electron chi connectivity index (χ0n) is 16.4. The summed E-state index contributed by atoms with van der Waals surface area (Å²) in [6.07, 6.45) is 10.1. The largest absolute Gasteiger partial charge is 0.397 e. The molecule has 0 bridgehead atoms. The normalized spacial score (nSPS) is 16.2. The summed E-state index contributed by atoms with van der Waals surface area (Å²) in [5, 5.41) is 10.5. The third-order valence-electron chi connectivity index (χ3n) is 5.97. The molecule has 1 saturated carbocycles. The van der Waals surface area contributed by atoms with Crippen molar-refractivity contribution in [3.8, 4) is 17.2 Å². The Morgan fingerprint density at radius 2 is 1.96 bits per heavy atom. The molecule has 0 amide bonds. The standard InChI is InChI=1S/C23H25FN4/c1-14-8-22-18(9-16(14)10-25)20(13-28(22)17-6-4-3-5-7-17)19-11-27-12-21(26)23(19)15(2)24/h8-9,11-13,15,17H,3-7,26H2,1-2H3. The summed E-state index contributed by atoms with van der Waals surface area (Å²) >= 11 is 0. The molecule has 4 nitrogen and oxygen atoms in total. The number of alkyl halides is 1. The lowest BCUT2D eigenvalue weighted by atomic mass is 9.95. The molecular weight excluding hydrogens is 351 g/mol. The van der Waals surface area contributed by atoms with Crippen LogP contribution in [-0.2, 0) is 0 Å². The maximum Gasteiger partial charge on any atom is 0.125 e. The second kappa shape index (κ2) is 7.27. The van der Waals surface area contributed by atoms with Gasteiger partial charge in [-0.25, -0.2) is 4.39 Å². The fourth-order valence-electron chi connectivity index (χ4n) is 4.54. The highest BCUT2D eigenvalue weighted by atomic mass is 19.1. The molecule has 1 atom stereocenters. The molecule has 1 aromatic carbocycles. The fourth-order valence-corrected chi connectivity index (χ4v) is 4.54. The number of rotatable bonds is 3. The number of nitrogen functional groups attached to an aromatic ring is 1. The van der Waals surface area contributed by atoms with Gasteiger partial charge in [0.25, 0.3) is 0 Å². The number of anilines is 1. The molecule has 1 unspecified atom stereocenters. The third kappa shape index (κ3) is 3.03. The lowest BCUT2D eigenvalue weighted by Gasteiger charge is -2.24. The third-order valence-corrected chi connectivity index (χ3v) is 5.97. The summed E-state index contributed by atoms with van der Waals surface area (Å²) in [4.78, 5) is 4.23. The molecule has 4 rings (SSSR count). The van der Waals surface area contributed by atoms with E-state index in [9.17, 15) is 9.65 Å². The first kappa shape index (κ1) is 18.5. The number of hydrogen-bond donors (Lipinski definition) is 1. The van der Waals surface area contributed by atoms with Gasteiger partial charge in [0, 0.05) is 46.0 Å². The van der Waals surface area contributed by atoms with Crippen molar-refractivity contribution in [2.45, 2.75) is 58.2 Å². The van der Waals surface area contributed by atoms with Crippen molar-refractivity contribution in [1.29, 1.82) is 5.26 Å². The number of aryl methyl sites for hydroxylation is 1. The molecule has 5 heteroatoms. The zero-order chi connectivity index (χ0) is 19.8. The van der Waals surface area contributed by atoms with Gasteiger partial charge in [0.15, 0.2) is 0 Å². The van der Waals surface area contributed by atoms with Crippen molar-refractivity contribution in [3.63, 3.8) is 0 Å². The minimum Gasteiger partial charge on any atom is -0.397 e. The van der Waals surface area contributed by atoms with Crippen LogP contribution in [0.4, 0.5) is 10.1 Å². The first-order valence-corrected chi connectivity index (χ1v) is 9.94. The van der Waals surface area contributed by atoms with Crippen molar-refractivity contribution in [1.82, 2.24) is 9.55 Å². The van der Waals surface area contributed by atoms with Crippen molar-refractivity contribution in [2.24, 2.45) is 0 Å². The summed E-state index contributed by atoms with van der Waals surface area (Å²) in [5.74, 6) is 0. The highest BCUT2D eigenvalue weighted by Gasteiger charge is 2.23. The van der Waals surface area contributed by atoms with Gasteiger partial charge in [-0.05, 0) is 44.4 Å². The van der Waals surface area contributed by atoms with Crippen LogP contribution in [-0.4, -0.2) is 9.55 Å². The Bertz CT molecular complexity index is 1070. The first-order valence-electron chi connectivity index (χ1n) is 9.94. The molecule has 0 spiro atoms. The number of hydrogen-bond acceptors (Lipinski definition) is 3. The monoisotopic (exact) mass is 376 g/mol. The van der Waals surface area contributed by atoms with Gasteiger partial charge in [0.1, 0.15) is 6.17 Å². The van der Waals surface area contributed by atoms with E-state index >= 15 is 0 Å². The van der Waals surface area contributed by atoms with E-state index < -0.39 is 6.17 Å². The summed E-state index contributed by atoms with van der Waals surface area (Å²) in [7, 11) is 0. The van der Waals surface area contributed by atoms with Crippen LogP contribution in [0.1, 0.15) is 67.9 Å². The molecule has 3 aromatic rings. The first-order chi connectivity index (χ1) is 13.5. The number of aromatic nitrogens is 2. The lowest BCUT2D eigenvalue weighted by Crippen LogP contribution is -2.11. The van der Waals surface area contributed by atoms with Crippen LogP contribution in [0.2, 0.25) is 0 Å². The number of nitrogens with zero attached hydrogens (tertiary/aromatic N) is 3. The summed E-state index contributed by atoms with van der Waals surface area (Å²) < 4.78 is 16.8. The van der Waals surface area contributed by atoms with Crippen LogP contribution in [0.3, 0.4) is 0 Å². The Labute approximate surface area is 164 Å². The Balaban J connectivity index is 2.02. The van der Waals surface area contributed by atoms with Gasteiger partial charge in [-0.2, -0.15) is 5.26 Å². The number of nitriles is 1. The molecule has 28 heavy (non-hydrogen) atoms. The van der Waals surface area contributed by atoms with E-state index in [1.54, 1.807) is 6.20 Å². The SMILES string of the molecule is Cc1cc2c(cc1C#N)c(-c1cncc(N)c1C(C)F)cn2C1CCCCC1. The smallest absolute Gasteiger partial charge is 0.125 e. The van der Waals surface area contributed by atoms with Gasteiger partial charge in [-0.15, -0.1) is 0 Å². The predicted molar refractivity (Wildman–Crippen MR) is 111 cm³/mol. The Morgan fingerprint density at radius 1 is 1.21 bits per heavy atom. The van der Waals surface area contributed by atoms with Crippen molar-refractivity contribution < 1.29 is 4.39 Å². The van der Waals surface area contributed by atoms with Crippen LogP contribution in [0.5, 0.6) is 0 Å². The molecule has 2 aromatic heterocycles. The molecule has 144 valence electrons. The zero-order valence-corrected chi connectivity index (χ0v) is 16.4. The molecule has 2 N–H and O–H groups in total. The second-order valence-corrected chi connectivity index (χ2v) is 7.84. The van der Waals surface area contributed by atoms with Gasteiger partial charge in [-0.3, -0.25) is 4.98 Å². The molecule has 1 aliphatic carbocycles. The topological polar surface area (TPSA) is 67.6 Å². The van der Waals surface area contributed by atoms with E-state index in [1.165, 1.54) is 32.4 Å². The number of benzene rings is 1. The van der Waals surface area contributed by atoms with Gasteiger partial charge in [-0.1, -0.05) is 19.3 Å². The maximum absolute atomic E-state index is 14.4. The lowest BCUT2D eigenvalue weighted by molar-refractivity contribution is 0.361. The average Bonchev–Trinajstić information content (AvgIpc) is 3.05. The van der Waals surface area contributed by atoms with Gasteiger partial charge >= 0.3 is 0 Å². The maximum atomic E-state index is 14.4. The highest BCUT2D eigenvalue weighted by molar-refractivity contribution is 5.98. The van der Waals surface area contributed by atoms with Crippen LogP contribution >= 0.6 is 0 Å². The highest BCUT2D eigenvalue weighted by Crippen LogP contribution is 2.41. The number of fused-ring (bicyclic) bond motifs is 1.